The monoisotopic (exact) mass is 344 g/mol. The summed E-state index contributed by atoms with van der Waals surface area (Å²) >= 11 is 0. The summed E-state index contributed by atoms with van der Waals surface area (Å²) in [7, 11) is 1.51. The number of allylic oxidation sites excluding steroid dienone is 1. The van der Waals surface area contributed by atoms with E-state index in [1.807, 2.05) is 13.8 Å². The molecule has 1 aromatic carbocycles. The Kier molecular flexibility index (Phi) is 4.10. The molecule has 0 aromatic heterocycles. The third-order valence-electron chi connectivity index (χ3n) is 4.75. The van der Waals surface area contributed by atoms with Gasteiger partial charge in [-0.15, -0.1) is 0 Å². The van der Waals surface area contributed by atoms with Gasteiger partial charge in [-0.25, -0.2) is 0 Å². The molecule has 1 N–H and O–H groups in total. The summed E-state index contributed by atoms with van der Waals surface area (Å²) in [6, 6.07) is 6.82. The normalized spacial score (nSPS) is 23.1. The minimum Gasteiger partial charge on any atom is -0.435 e. The lowest BCUT2D eigenvalue weighted by molar-refractivity contribution is -0.434. The van der Waals surface area contributed by atoms with Gasteiger partial charge >= 0.3 is 5.70 Å². The van der Waals surface area contributed by atoms with Gasteiger partial charge in [0.05, 0.1) is 10.8 Å². The number of Topliss-reactive ketones (excluding diaryl/α,β-unsaturated/α-hetero) is 2. The second-order valence-electron chi connectivity index (χ2n) is 7.27. The third-order valence-corrected chi connectivity index (χ3v) is 4.75. The van der Waals surface area contributed by atoms with Gasteiger partial charge in [0.2, 0.25) is 0 Å². The van der Waals surface area contributed by atoms with Crippen LogP contribution in [0.15, 0.2) is 35.8 Å². The molecular weight excluding hydrogens is 324 g/mol. The Balaban J connectivity index is 2.17. The number of rotatable bonds is 3. The van der Waals surface area contributed by atoms with Crippen molar-refractivity contribution in [3.63, 3.8) is 0 Å². The number of fused-ring (bicyclic) bond motifs is 1. The van der Waals surface area contributed by atoms with E-state index in [4.69, 9.17) is 4.74 Å². The SMILES string of the molecule is CNC1=C([N+](=O)[O-])C(C2C(=O)CC(C)(C)CC2=O)c2ccccc2O1. The summed E-state index contributed by atoms with van der Waals surface area (Å²) in [5, 5.41) is 14.4. The first-order chi connectivity index (χ1) is 11.7. The van der Waals surface area contributed by atoms with Crippen LogP contribution in [0.3, 0.4) is 0 Å². The van der Waals surface area contributed by atoms with Crippen LogP contribution in [0.1, 0.15) is 38.2 Å². The highest BCUT2D eigenvalue weighted by atomic mass is 16.6. The molecule has 3 rings (SSSR count). The largest absolute Gasteiger partial charge is 0.435 e. The highest BCUT2D eigenvalue weighted by Crippen LogP contribution is 2.47. The van der Waals surface area contributed by atoms with Crippen LogP contribution in [0.4, 0.5) is 0 Å². The molecule has 1 aliphatic heterocycles. The van der Waals surface area contributed by atoms with Gasteiger partial charge in [-0.1, -0.05) is 32.0 Å². The quantitative estimate of drug-likeness (QED) is 0.513. The van der Waals surface area contributed by atoms with E-state index in [0.717, 1.165) is 0 Å². The lowest BCUT2D eigenvalue weighted by Crippen LogP contribution is -2.43. The van der Waals surface area contributed by atoms with E-state index < -0.39 is 22.2 Å². The van der Waals surface area contributed by atoms with Crippen molar-refractivity contribution in [2.24, 2.45) is 11.3 Å². The summed E-state index contributed by atoms with van der Waals surface area (Å²) in [5.41, 5.74) is -0.188. The van der Waals surface area contributed by atoms with Crippen molar-refractivity contribution in [2.75, 3.05) is 7.05 Å². The lowest BCUT2D eigenvalue weighted by atomic mass is 9.65. The molecule has 1 saturated carbocycles. The molecule has 132 valence electrons. The minimum atomic E-state index is -1.05. The topological polar surface area (TPSA) is 98.5 Å². The zero-order chi connectivity index (χ0) is 18.4. The minimum absolute atomic E-state index is 0.0286. The van der Waals surface area contributed by atoms with Gasteiger partial charge in [-0.3, -0.25) is 19.7 Å². The maximum absolute atomic E-state index is 12.8. The van der Waals surface area contributed by atoms with E-state index in [0.29, 0.717) is 11.3 Å². The molecule has 1 aromatic rings. The molecule has 0 bridgehead atoms. The summed E-state index contributed by atoms with van der Waals surface area (Å²) in [6.07, 6.45) is 0.450. The van der Waals surface area contributed by atoms with Crippen molar-refractivity contribution in [2.45, 2.75) is 32.6 Å². The molecule has 1 atom stereocenters. The van der Waals surface area contributed by atoms with Crippen LogP contribution in [-0.4, -0.2) is 23.5 Å². The Morgan fingerprint density at radius 3 is 2.32 bits per heavy atom. The standard InChI is InChI=1S/C18H20N2O5/c1-18(2)8-11(21)15(12(22)9-18)14-10-6-4-5-7-13(10)25-17(19-3)16(14)20(23)24/h4-7,14-15,19H,8-9H2,1-3H3. The molecular formula is C18H20N2O5. The van der Waals surface area contributed by atoms with Gasteiger partial charge in [0.15, 0.2) is 0 Å². The lowest BCUT2D eigenvalue weighted by Gasteiger charge is -2.36. The molecule has 1 fully saturated rings. The number of ketones is 2. The molecule has 7 heteroatoms. The summed E-state index contributed by atoms with van der Waals surface area (Å²) in [6.45, 7) is 3.72. The molecule has 25 heavy (non-hydrogen) atoms. The van der Waals surface area contributed by atoms with Gasteiger partial charge < -0.3 is 10.1 Å². The number of carbonyl (C=O) groups excluding carboxylic acids is 2. The fraction of sp³-hybridized carbons (Fsp3) is 0.444. The fourth-order valence-electron chi connectivity index (χ4n) is 3.77. The van der Waals surface area contributed by atoms with Crippen LogP contribution in [0.25, 0.3) is 0 Å². The summed E-state index contributed by atoms with van der Waals surface area (Å²) < 4.78 is 5.59. The van der Waals surface area contributed by atoms with Gasteiger partial charge in [-0.05, 0) is 11.5 Å². The van der Waals surface area contributed by atoms with Crippen LogP contribution in [0.5, 0.6) is 5.75 Å². The van der Waals surface area contributed by atoms with Crippen LogP contribution < -0.4 is 10.1 Å². The Hall–Kier alpha value is -2.70. The molecule has 0 amide bonds. The van der Waals surface area contributed by atoms with Crippen molar-refractivity contribution in [3.8, 4) is 5.75 Å². The van der Waals surface area contributed by atoms with E-state index >= 15 is 0 Å². The number of nitrogens with zero attached hydrogens (tertiary/aromatic N) is 1. The smallest absolute Gasteiger partial charge is 0.314 e. The van der Waals surface area contributed by atoms with Crippen LogP contribution in [0, 0.1) is 21.4 Å². The van der Waals surface area contributed by atoms with E-state index in [9.17, 15) is 19.7 Å². The fourth-order valence-corrected chi connectivity index (χ4v) is 3.77. The zero-order valence-electron chi connectivity index (χ0n) is 14.4. The van der Waals surface area contributed by atoms with Crippen LogP contribution in [0.2, 0.25) is 0 Å². The van der Waals surface area contributed by atoms with Crippen LogP contribution >= 0.6 is 0 Å². The van der Waals surface area contributed by atoms with Gasteiger partial charge in [-0.2, -0.15) is 0 Å². The Morgan fingerprint density at radius 2 is 1.76 bits per heavy atom. The Labute approximate surface area is 145 Å². The van der Waals surface area contributed by atoms with Crippen LogP contribution in [-0.2, 0) is 9.59 Å². The van der Waals surface area contributed by atoms with Crippen molar-refractivity contribution in [3.05, 3.63) is 51.5 Å². The van der Waals surface area contributed by atoms with Crippen molar-refractivity contribution >= 4 is 11.6 Å². The van der Waals surface area contributed by atoms with E-state index in [-0.39, 0.29) is 36.0 Å². The highest BCUT2D eigenvalue weighted by molar-refractivity contribution is 6.06. The Morgan fingerprint density at radius 1 is 1.16 bits per heavy atom. The van der Waals surface area contributed by atoms with Crippen molar-refractivity contribution < 1.29 is 19.2 Å². The zero-order valence-corrected chi connectivity index (χ0v) is 14.4. The second kappa shape index (κ2) is 5.98. The van der Waals surface area contributed by atoms with Gasteiger partial charge in [0, 0.05) is 25.5 Å². The van der Waals surface area contributed by atoms with E-state index in [1.165, 1.54) is 7.05 Å². The number of hydrogen-bond donors (Lipinski definition) is 1. The first kappa shape index (κ1) is 17.1. The maximum atomic E-state index is 12.8. The third kappa shape index (κ3) is 2.90. The number of carbonyl (C=O) groups is 2. The molecule has 1 heterocycles. The number of benzene rings is 1. The average Bonchev–Trinajstić information content (AvgIpc) is 2.51. The average molecular weight is 344 g/mol. The number of nitrogens with one attached hydrogen (secondary N) is 1. The molecule has 0 radical (unpaired) electrons. The molecule has 0 saturated heterocycles. The molecule has 1 aliphatic carbocycles. The van der Waals surface area contributed by atoms with E-state index in [1.54, 1.807) is 24.3 Å². The Bertz CT molecular complexity index is 776. The van der Waals surface area contributed by atoms with Gasteiger partial charge in [0.25, 0.3) is 5.88 Å². The van der Waals surface area contributed by atoms with Gasteiger partial charge in [0.1, 0.15) is 23.2 Å². The number of ether oxygens (including phenoxy) is 1. The van der Waals surface area contributed by atoms with E-state index in [2.05, 4.69) is 5.32 Å². The van der Waals surface area contributed by atoms with Crippen molar-refractivity contribution in [1.82, 2.24) is 5.32 Å². The summed E-state index contributed by atoms with van der Waals surface area (Å²) in [4.78, 5) is 36.7. The predicted octanol–water partition coefficient (Wildman–Crippen LogP) is 2.40. The number of para-hydroxylation sites is 1. The predicted molar refractivity (Wildman–Crippen MR) is 89.4 cm³/mol. The maximum Gasteiger partial charge on any atom is 0.314 e. The second-order valence-corrected chi connectivity index (χ2v) is 7.27. The molecule has 0 spiro atoms. The number of nitro groups is 1. The highest BCUT2D eigenvalue weighted by Gasteiger charge is 2.51. The molecule has 7 nitrogen and oxygen atoms in total. The molecule has 2 aliphatic rings. The first-order valence-electron chi connectivity index (χ1n) is 8.13. The first-order valence-corrected chi connectivity index (χ1v) is 8.13. The van der Waals surface area contributed by atoms with Crippen molar-refractivity contribution in [1.29, 1.82) is 0 Å². The molecule has 1 unspecified atom stereocenters. The number of hydrogen-bond acceptors (Lipinski definition) is 6. The summed E-state index contributed by atoms with van der Waals surface area (Å²) in [5.74, 6) is -2.11.